The Bertz CT molecular complexity index is 745. The van der Waals surface area contributed by atoms with Gasteiger partial charge in [-0.15, -0.1) is 11.3 Å². The van der Waals surface area contributed by atoms with Crippen molar-refractivity contribution in [1.82, 2.24) is 15.1 Å². The first kappa shape index (κ1) is 14.3. The van der Waals surface area contributed by atoms with E-state index in [1.807, 2.05) is 20.2 Å². The molecule has 2 N–H and O–H groups in total. The summed E-state index contributed by atoms with van der Waals surface area (Å²) in [7, 11) is 1.85. The van der Waals surface area contributed by atoms with Gasteiger partial charge in [0.15, 0.2) is 0 Å². The highest BCUT2D eigenvalue weighted by molar-refractivity contribution is 7.17. The fourth-order valence-corrected chi connectivity index (χ4v) is 3.37. The molecule has 1 aromatic carbocycles. The summed E-state index contributed by atoms with van der Waals surface area (Å²) in [5.74, 6) is 0. The van der Waals surface area contributed by atoms with Crippen molar-refractivity contribution >= 4 is 21.4 Å². The molecule has 5 heteroatoms. The van der Waals surface area contributed by atoms with E-state index in [0.29, 0.717) is 6.54 Å². The number of rotatable bonds is 5. The van der Waals surface area contributed by atoms with Crippen molar-refractivity contribution < 1.29 is 5.11 Å². The summed E-state index contributed by atoms with van der Waals surface area (Å²) >= 11 is 1.76. The summed E-state index contributed by atoms with van der Waals surface area (Å²) in [5, 5.41) is 21.5. The number of benzene rings is 1. The molecule has 0 aliphatic carbocycles. The number of fused-ring (bicyclic) bond motifs is 1. The van der Waals surface area contributed by atoms with E-state index < -0.39 is 5.60 Å². The number of thiophene rings is 1. The van der Waals surface area contributed by atoms with Crippen LogP contribution in [0.15, 0.2) is 42.0 Å². The molecule has 21 heavy (non-hydrogen) atoms. The normalized spacial score (nSPS) is 14.4. The van der Waals surface area contributed by atoms with Gasteiger partial charge in [0, 0.05) is 36.6 Å². The molecule has 0 aliphatic rings. The molecule has 0 aliphatic heterocycles. The standard InChI is InChI=1S/C16H19N3OS/c1-16(20,13-8-18-19(2)9-13)11-17-7-12-10-21-15-6-4-3-5-14(12)15/h3-6,8-10,17,20H,7,11H2,1-2H3. The SMILES string of the molecule is Cn1cc(C(C)(O)CNCc2csc3ccccc23)cn1. The third-order valence-electron chi connectivity index (χ3n) is 3.67. The lowest BCUT2D eigenvalue weighted by Gasteiger charge is -2.22. The van der Waals surface area contributed by atoms with Crippen molar-refractivity contribution in [3.63, 3.8) is 0 Å². The molecule has 0 fully saturated rings. The zero-order valence-electron chi connectivity index (χ0n) is 12.2. The van der Waals surface area contributed by atoms with Crippen molar-refractivity contribution in [2.45, 2.75) is 19.1 Å². The molecule has 0 amide bonds. The Hall–Kier alpha value is -1.69. The molecule has 2 aromatic heterocycles. The van der Waals surface area contributed by atoms with Crippen LogP contribution in [-0.4, -0.2) is 21.4 Å². The summed E-state index contributed by atoms with van der Waals surface area (Å²) in [4.78, 5) is 0. The maximum atomic E-state index is 10.5. The molecule has 0 saturated heterocycles. The zero-order valence-corrected chi connectivity index (χ0v) is 13.0. The summed E-state index contributed by atoms with van der Waals surface area (Å²) in [6, 6.07) is 8.39. The average Bonchev–Trinajstić information content (AvgIpc) is 3.06. The Morgan fingerprint density at radius 2 is 2.19 bits per heavy atom. The first-order valence-corrected chi connectivity index (χ1v) is 7.81. The van der Waals surface area contributed by atoms with Crippen LogP contribution >= 0.6 is 11.3 Å². The van der Waals surface area contributed by atoms with Crippen LogP contribution < -0.4 is 5.32 Å². The second-order valence-corrected chi connectivity index (χ2v) is 6.45. The van der Waals surface area contributed by atoms with Gasteiger partial charge >= 0.3 is 0 Å². The third-order valence-corrected chi connectivity index (χ3v) is 4.68. The summed E-state index contributed by atoms with van der Waals surface area (Å²) in [5.41, 5.74) is 1.19. The maximum Gasteiger partial charge on any atom is 0.102 e. The fraction of sp³-hybridized carbons (Fsp3) is 0.312. The van der Waals surface area contributed by atoms with E-state index in [1.54, 1.807) is 22.2 Å². The van der Waals surface area contributed by atoms with Crippen LogP contribution in [0.5, 0.6) is 0 Å². The largest absolute Gasteiger partial charge is 0.384 e. The maximum absolute atomic E-state index is 10.5. The zero-order chi connectivity index (χ0) is 14.9. The predicted molar refractivity (Wildman–Crippen MR) is 86.3 cm³/mol. The Morgan fingerprint density at radius 3 is 2.95 bits per heavy atom. The topological polar surface area (TPSA) is 50.1 Å². The monoisotopic (exact) mass is 301 g/mol. The predicted octanol–water partition coefficient (Wildman–Crippen LogP) is 2.63. The van der Waals surface area contributed by atoms with Crippen LogP contribution in [0.2, 0.25) is 0 Å². The number of aliphatic hydroxyl groups is 1. The molecule has 4 nitrogen and oxygen atoms in total. The second kappa shape index (κ2) is 5.60. The van der Waals surface area contributed by atoms with Crippen LogP contribution in [-0.2, 0) is 19.2 Å². The molecule has 0 spiro atoms. The quantitative estimate of drug-likeness (QED) is 0.761. The highest BCUT2D eigenvalue weighted by Crippen LogP contribution is 2.26. The van der Waals surface area contributed by atoms with E-state index in [1.165, 1.54) is 15.6 Å². The first-order valence-electron chi connectivity index (χ1n) is 6.93. The minimum absolute atomic E-state index is 0.489. The molecular formula is C16H19N3OS. The number of aryl methyl sites for hydroxylation is 1. The van der Waals surface area contributed by atoms with Gasteiger partial charge in [-0.25, -0.2) is 0 Å². The summed E-state index contributed by atoms with van der Waals surface area (Å²) in [6.07, 6.45) is 3.56. The Kier molecular flexibility index (Phi) is 3.80. The van der Waals surface area contributed by atoms with Gasteiger partial charge in [-0.05, 0) is 29.3 Å². The van der Waals surface area contributed by atoms with E-state index in [4.69, 9.17) is 0 Å². The molecule has 0 bridgehead atoms. The number of hydrogen-bond donors (Lipinski definition) is 2. The Labute approximate surface area is 128 Å². The van der Waals surface area contributed by atoms with Crippen molar-refractivity contribution in [2.24, 2.45) is 7.05 Å². The van der Waals surface area contributed by atoms with Gasteiger partial charge in [0.25, 0.3) is 0 Å². The van der Waals surface area contributed by atoms with E-state index in [2.05, 4.69) is 40.1 Å². The highest BCUT2D eigenvalue weighted by Gasteiger charge is 2.24. The van der Waals surface area contributed by atoms with Gasteiger partial charge in [-0.1, -0.05) is 18.2 Å². The van der Waals surface area contributed by atoms with Crippen LogP contribution in [0, 0.1) is 0 Å². The van der Waals surface area contributed by atoms with Gasteiger partial charge in [0.05, 0.1) is 6.20 Å². The lowest BCUT2D eigenvalue weighted by molar-refractivity contribution is 0.0566. The number of hydrogen-bond acceptors (Lipinski definition) is 4. The van der Waals surface area contributed by atoms with Crippen molar-refractivity contribution in [3.8, 4) is 0 Å². The fourth-order valence-electron chi connectivity index (χ4n) is 2.41. The number of nitrogens with zero attached hydrogens (tertiary/aromatic N) is 2. The molecule has 1 atom stereocenters. The van der Waals surface area contributed by atoms with Crippen molar-refractivity contribution in [1.29, 1.82) is 0 Å². The molecule has 0 saturated carbocycles. The Morgan fingerprint density at radius 1 is 1.38 bits per heavy atom. The summed E-state index contributed by atoms with van der Waals surface area (Å²) < 4.78 is 3.00. The van der Waals surface area contributed by atoms with Crippen LogP contribution in [0.4, 0.5) is 0 Å². The van der Waals surface area contributed by atoms with E-state index in [-0.39, 0.29) is 0 Å². The van der Waals surface area contributed by atoms with E-state index >= 15 is 0 Å². The smallest absolute Gasteiger partial charge is 0.102 e. The van der Waals surface area contributed by atoms with Crippen molar-refractivity contribution in [3.05, 3.63) is 53.2 Å². The number of aromatic nitrogens is 2. The lowest BCUT2D eigenvalue weighted by atomic mass is 9.99. The summed E-state index contributed by atoms with van der Waals surface area (Å²) in [6.45, 7) is 3.05. The number of nitrogens with one attached hydrogen (secondary N) is 1. The van der Waals surface area contributed by atoms with Gasteiger partial charge in [0.1, 0.15) is 5.60 Å². The molecule has 3 rings (SSSR count). The molecule has 3 aromatic rings. The van der Waals surface area contributed by atoms with Gasteiger partial charge in [-0.2, -0.15) is 5.10 Å². The minimum atomic E-state index is -0.917. The molecule has 110 valence electrons. The molecule has 0 radical (unpaired) electrons. The van der Waals surface area contributed by atoms with Crippen molar-refractivity contribution in [2.75, 3.05) is 6.54 Å². The van der Waals surface area contributed by atoms with E-state index in [9.17, 15) is 5.11 Å². The average molecular weight is 301 g/mol. The molecular weight excluding hydrogens is 282 g/mol. The second-order valence-electron chi connectivity index (χ2n) is 5.54. The lowest BCUT2D eigenvalue weighted by Crippen LogP contribution is -2.34. The van der Waals surface area contributed by atoms with Crippen LogP contribution in [0.3, 0.4) is 0 Å². The van der Waals surface area contributed by atoms with Gasteiger partial charge in [0.2, 0.25) is 0 Å². The molecule has 2 heterocycles. The third kappa shape index (κ3) is 3.00. The Balaban J connectivity index is 1.66. The van der Waals surface area contributed by atoms with E-state index in [0.717, 1.165) is 12.1 Å². The van der Waals surface area contributed by atoms with Gasteiger partial charge in [-0.3, -0.25) is 4.68 Å². The van der Waals surface area contributed by atoms with Gasteiger partial charge < -0.3 is 10.4 Å². The van der Waals surface area contributed by atoms with Crippen LogP contribution in [0.25, 0.3) is 10.1 Å². The minimum Gasteiger partial charge on any atom is -0.384 e. The molecule has 1 unspecified atom stereocenters. The van der Waals surface area contributed by atoms with Crippen LogP contribution in [0.1, 0.15) is 18.1 Å². The highest BCUT2D eigenvalue weighted by atomic mass is 32.1. The first-order chi connectivity index (χ1) is 10.1.